The molecule has 1 aliphatic rings. The van der Waals surface area contributed by atoms with E-state index < -0.39 is 4.92 Å². The molecular weight excluding hydrogens is 248 g/mol. The Bertz CT molecular complexity index is 495. The van der Waals surface area contributed by atoms with Crippen LogP contribution in [0.2, 0.25) is 0 Å². The van der Waals surface area contributed by atoms with Crippen molar-refractivity contribution in [3.63, 3.8) is 0 Å². The normalized spacial score (nSPS) is 14.5. The highest BCUT2D eigenvalue weighted by Crippen LogP contribution is 2.27. The monoisotopic (exact) mass is 264 g/mol. The molecule has 6 heteroatoms. The Morgan fingerprint density at radius 3 is 2.68 bits per heavy atom. The second-order valence-corrected chi connectivity index (χ2v) is 4.53. The number of methoxy groups -OCH3 is 1. The van der Waals surface area contributed by atoms with Gasteiger partial charge in [-0.2, -0.15) is 0 Å². The zero-order chi connectivity index (χ0) is 13.8. The lowest BCUT2D eigenvalue weighted by atomic mass is 10.1. The molecule has 19 heavy (non-hydrogen) atoms. The van der Waals surface area contributed by atoms with Crippen LogP contribution in [0.25, 0.3) is 0 Å². The van der Waals surface area contributed by atoms with Gasteiger partial charge in [0.15, 0.2) is 5.75 Å². The standard InChI is InChI=1S/C13H16N2O4/c1-19-12-8-10(4-5-11(12)15(17)18)9-13(16)14-6-2-3-7-14/h4-5,8H,2-3,6-7,9H2,1H3. The first-order valence-electron chi connectivity index (χ1n) is 6.21. The summed E-state index contributed by atoms with van der Waals surface area (Å²) >= 11 is 0. The van der Waals surface area contributed by atoms with Gasteiger partial charge in [0.1, 0.15) is 0 Å². The maximum atomic E-state index is 12.0. The quantitative estimate of drug-likeness (QED) is 0.613. The molecule has 0 saturated carbocycles. The van der Waals surface area contributed by atoms with Crippen LogP contribution >= 0.6 is 0 Å². The Balaban J connectivity index is 2.12. The Kier molecular flexibility index (Phi) is 3.99. The van der Waals surface area contributed by atoms with Gasteiger partial charge in [0.2, 0.25) is 5.91 Å². The van der Waals surface area contributed by atoms with Gasteiger partial charge >= 0.3 is 5.69 Å². The third-order valence-electron chi connectivity index (χ3n) is 3.25. The largest absolute Gasteiger partial charge is 0.490 e. The lowest BCUT2D eigenvalue weighted by Gasteiger charge is -2.15. The van der Waals surface area contributed by atoms with Gasteiger partial charge in [-0.05, 0) is 24.5 Å². The van der Waals surface area contributed by atoms with E-state index in [4.69, 9.17) is 4.74 Å². The van der Waals surface area contributed by atoms with Crippen molar-refractivity contribution in [2.45, 2.75) is 19.3 Å². The molecule has 1 heterocycles. The summed E-state index contributed by atoms with van der Waals surface area (Å²) in [4.78, 5) is 24.1. The van der Waals surface area contributed by atoms with Gasteiger partial charge in [0.05, 0.1) is 18.5 Å². The fraction of sp³-hybridized carbons (Fsp3) is 0.462. The molecule has 0 aromatic heterocycles. The van der Waals surface area contributed by atoms with E-state index in [0.29, 0.717) is 0 Å². The van der Waals surface area contributed by atoms with E-state index in [2.05, 4.69) is 0 Å². The zero-order valence-electron chi connectivity index (χ0n) is 10.8. The molecule has 0 unspecified atom stereocenters. The predicted octanol–water partition coefficient (Wildman–Crippen LogP) is 1.77. The lowest BCUT2D eigenvalue weighted by molar-refractivity contribution is -0.385. The van der Waals surface area contributed by atoms with E-state index in [1.807, 2.05) is 4.90 Å². The number of likely N-dealkylation sites (tertiary alicyclic amines) is 1. The Hall–Kier alpha value is -2.11. The molecule has 1 aliphatic heterocycles. The fourth-order valence-corrected chi connectivity index (χ4v) is 2.24. The highest BCUT2D eigenvalue weighted by molar-refractivity contribution is 5.79. The second kappa shape index (κ2) is 5.69. The van der Waals surface area contributed by atoms with Crippen molar-refractivity contribution < 1.29 is 14.5 Å². The number of carbonyl (C=O) groups is 1. The molecule has 0 N–H and O–H groups in total. The molecule has 0 aliphatic carbocycles. The van der Waals surface area contributed by atoms with E-state index in [1.165, 1.54) is 13.2 Å². The van der Waals surface area contributed by atoms with Crippen LogP contribution in [0.15, 0.2) is 18.2 Å². The van der Waals surface area contributed by atoms with Gasteiger partial charge in [-0.25, -0.2) is 0 Å². The van der Waals surface area contributed by atoms with Gasteiger partial charge in [-0.1, -0.05) is 6.07 Å². The zero-order valence-corrected chi connectivity index (χ0v) is 10.8. The van der Waals surface area contributed by atoms with Crippen molar-refractivity contribution in [1.82, 2.24) is 4.90 Å². The summed E-state index contributed by atoms with van der Waals surface area (Å²) in [7, 11) is 1.38. The highest BCUT2D eigenvalue weighted by Gasteiger charge is 2.20. The molecule has 1 aromatic carbocycles. The van der Waals surface area contributed by atoms with Crippen LogP contribution in [0.1, 0.15) is 18.4 Å². The molecular formula is C13H16N2O4. The lowest BCUT2D eigenvalue weighted by Crippen LogP contribution is -2.29. The number of carbonyl (C=O) groups excluding carboxylic acids is 1. The predicted molar refractivity (Wildman–Crippen MR) is 69.2 cm³/mol. The fourth-order valence-electron chi connectivity index (χ4n) is 2.24. The third-order valence-corrected chi connectivity index (χ3v) is 3.25. The first kappa shape index (κ1) is 13.3. The number of amides is 1. The van der Waals surface area contributed by atoms with E-state index in [-0.39, 0.29) is 23.8 Å². The van der Waals surface area contributed by atoms with Crippen molar-refractivity contribution in [3.8, 4) is 5.75 Å². The van der Waals surface area contributed by atoms with Gasteiger partial charge in [0, 0.05) is 19.2 Å². The van der Waals surface area contributed by atoms with Crippen molar-refractivity contribution in [3.05, 3.63) is 33.9 Å². The van der Waals surface area contributed by atoms with Crippen molar-refractivity contribution >= 4 is 11.6 Å². The Morgan fingerprint density at radius 1 is 1.42 bits per heavy atom. The smallest absolute Gasteiger partial charge is 0.310 e. The SMILES string of the molecule is COc1cc(CC(=O)N2CCCC2)ccc1[N+](=O)[O-]. The van der Waals surface area contributed by atoms with Crippen LogP contribution < -0.4 is 4.74 Å². The molecule has 1 fully saturated rings. The van der Waals surface area contributed by atoms with Gasteiger partial charge in [0.25, 0.3) is 0 Å². The average molecular weight is 264 g/mol. The molecule has 1 aromatic rings. The average Bonchev–Trinajstić information content (AvgIpc) is 2.92. The van der Waals surface area contributed by atoms with E-state index >= 15 is 0 Å². The minimum atomic E-state index is -0.495. The minimum Gasteiger partial charge on any atom is -0.490 e. The van der Waals surface area contributed by atoms with Crippen LogP contribution in [0.4, 0.5) is 5.69 Å². The van der Waals surface area contributed by atoms with Crippen molar-refractivity contribution in [2.24, 2.45) is 0 Å². The molecule has 2 rings (SSSR count). The number of hydrogen-bond acceptors (Lipinski definition) is 4. The maximum absolute atomic E-state index is 12.0. The molecule has 0 atom stereocenters. The molecule has 1 amide bonds. The van der Waals surface area contributed by atoms with E-state index in [1.54, 1.807) is 12.1 Å². The van der Waals surface area contributed by atoms with Gasteiger partial charge in [-0.3, -0.25) is 14.9 Å². The molecule has 0 radical (unpaired) electrons. The summed E-state index contributed by atoms with van der Waals surface area (Å²) in [5, 5.41) is 10.8. The van der Waals surface area contributed by atoms with E-state index in [0.717, 1.165) is 31.5 Å². The topological polar surface area (TPSA) is 72.7 Å². The molecule has 6 nitrogen and oxygen atoms in total. The number of nitro groups is 1. The van der Waals surface area contributed by atoms with Crippen molar-refractivity contribution in [2.75, 3.05) is 20.2 Å². The summed E-state index contributed by atoms with van der Waals surface area (Å²) < 4.78 is 4.99. The summed E-state index contributed by atoms with van der Waals surface area (Å²) in [6, 6.07) is 4.55. The summed E-state index contributed by atoms with van der Waals surface area (Å²) in [6.07, 6.45) is 2.36. The number of nitro benzene ring substituents is 1. The van der Waals surface area contributed by atoms with Crippen molar-refractivity contribution in [1.29, 1.82) is 0 Å². The second-order valence-electron chi connectivity index (χ2n) is 4.53. The van der Waals surface area contributed by atoms with Gasteiger partial charge < -0.3 is 9.64 Å². The number of benzene rings is 1. The first-order chi connectivity index (χ1) is 9.11. The highest BCUT2D eigenvalue weighted by atomic mass is 16.6. The summed E-state index contributed by atoms with van der Waals surface area (Å²) in [5.74, 6) is 0.255. The summed E-state index contributed by atoms with van der Waals surface area (Å²) in [6.45, 7) is 1.62. The van der Waals surface area contributed by atoms with E-state index in [9.17, 15) is 14.9 Å². The number of hydrogen-bond donors (Lipinski definition) is 0. The molecule has 0 bridgehead atoms. The maximum Gasteiger partial charge on any atom is 0.310 e. The van der Waals surface area contributed by atoms with Crippen LogP contribution in [-0.2, 0) is 11.2 Å². The Morgan fingerprint density at radius 2 is 2.11 bits per heavy atom. The third kappa shape index (κ3) is 3.01. The number of ether oxygens (including phenoxy) is 1. The van der Waals surface area contributed by atoms with Crippen LogP contribution in [0.5, 0.6) is 5.75 Å². The number of rotatable bonds is 4. The first-order valence-corrected chi connectivity index (χ1v) is 6.21. The van der Waals surface area contributed by atoms with Gasteiger partial charge in [-0.15, -0.1) is 0 Å². The van der Waals surface area contributed by atoms with Crippen LogP contribution in [0.3, 0.4) is 0 Å². The number of nitrogens with zero attached hydrogens (tertiary/aromatic N) is 2. The molecule has 1 saturated heterocycles. The molecule has 102 valence electrons. The Labute approximate surface area is 111 Å². The summed E-state index contributed by atoms with van der Waals surface area (Å²) in [5.41, 5.74) is 0.652. The van der Waals surface area contributed by atoms with Crippen LogP contribution in [0, 0.1) is 10.1 Å². The molecule has 0 spiro atoms. The minimum absolute atomic E-state index is 0.0633. The van der Waals surface area contributed by atoms with Crippen LogP contribution in [-0.4, -0.2) is 35.9 Å².